The van der Waals surface area contributed by atoms with Crippen molar-refractivity contribution in [2.75, 3.05) is 13.1 Å². The monoisotopic (exact) mass is 434 g/mol. The Morgan fingerprint density at radius 2 is 1.88 bits per heavy atom. The molecule has 7 heteroatoms. The minimum atomic E-state index is -0.0890. The van der Waals surface area contributed by atoms with E-state index in [-0.39, 0.29) is 23.7 Å². The molecule has 2 amide bonds. The Morgan fingerprint density at radius 3 is 2.50 bits per heavy atom. The number of furan rings is 1. The van der Waals surface area contributed by atoms with E-state index in [1.165, 1.54) is 5.56 Å². The van der Waals surface area contributed by atoms with Gasteiger partial charge in [-0.1, -0.05) is 31.5 Å². The van der Waals surface area contributed by atoms with E-state index in [0.29, 0.717) is 38.0 Å². The quantitative estimate of drug-likeness (QED) is 0.634. The Balaban J connectivity index is 1.42. The summed E-state index contributed by atoms with van der Waals surface area (Å²) in [5.41, 5.74) is 3.68. The van der Waals surface area contributed by atoms with Crippen molar-refractivity contribution >= 4 is 11.8 Å². The second kappa shape index (κ2) is 9.42. The molecular weight excluding hydrogens is 404 g/mol. The van der Waals surface area contributed by atoms with Crippen LogP contribution < -0.4 is 5.32 Å². The van der Waals surface area contributed by atoms with Gasteiger partial charge in [-0.05, 0) is 49.9 Å². The number of aromatic nitrogens is 2. The maximum Gasteiger partial charge on any atom is 0.257 e. The third kappa shape index (κ3) is 4.61. The van der Waals surface area contributed by atoms with Gasteiger partial charge in [0.1, 0.15) is 5.76 Å². The van der Waals surface area contributed by atoms with E-state index in [1.807, 2.05) is 46.8 Å². The molecule has 32 heavy (non-hydrogen) atoms. The highest BCUT2D eigenvalue weighted by Gasteiger charge is 2.30. The zero-order valence-electron chi connectivity index (χ0n) is 18.9. The molecule has 1 saturated heterocycles. The lowest BCUT2D eigenvalue weighted by Gasteiger charge is -2.31. The van der Waals surface area contributed by atoms with Crippen LogP contribution in [0.1, 0.15) is 60.0 Å². The molecule has 1 aliphatic rings. The van der Waals surface area contributed by atoms with Crippen LogP contribution in [0.2, 0.25) is 0 Å². The number of likely N-dealkylation sites (tertiary alicyclic amines) is 1. The van der Waals surface area contributed by atoms with Gasteiger partial charge in [-0.3, -0.25) is 9.59 Å². The van der Waals surface area contributed by atoms with Crippen LogP contribution in [0, 0.1) is 12.8 Å². The smallest absolute Gasteiger partial charge is 0.257 e. The number of piperidine rings is 1. The lowest BCUT2D eigenvalue weighted by molar-refractivity contribution is -0.126. The SMILES string of the molecule is Cc1ccc(-n2ncc(C(=O)N3CCC(C(=O)NCc4ccco4)CC3)c2C(C)C)cc1. The molecular formula is C25H30N4O3. The fraction of sp³-hybridized carbons (Fsp3) is 0.400. The van der Waals surface area contributed by atoms with Crippen molar-refractivity contribution in [2.45, 2.75) is 46.1 Å². The van der Waals surface area contributed by atoms with Crippen LogP contribution in [0.4, 0.5) is 0 Å². The van der Waals surface area contributed by atoms with E-state index >= 15 is 0 Å². The first kappa shape index (κ1) is 21.9. The summed E-state index contributed by atoms with van der Waals surface area (Å²) in [6.45, 7) is 7.71. The van der Waals surface area contributed by atoms with Crippen molar-refractivity contribution in [1.29, 1.82) is 0 Å². The average Bonchev–Trinajstić information content (AvgIpc) is 3.48. The van der Waals surface area contributed by atoms with Crippen molar-refractivity contribution in [3.8, 4) is 5.69 Å². The zero-order valence-corrected chi connectivity index (χ0v) is 18.9. The average molecular weight is 435 g/mol. The third-order valence-corrected chi connectivity index (χ3v) is 6.03. The Labute approximate surface area is 188 Å². The van der Waals surface area contributed by atoms with Crippen molar-refractivity contribution < 1.29 is 14.0 Å². The number of carbonyl (C=O) groups is 2. The Kier molecular flexibility index (Phi) is 6.44. The molecule has 3 heterocycles. The first-order valence-corrected chi connectivity index (χ1v) is 11.2. The molecule has 7 nitrogen and oxygen atoms in total. The number of aryl methyl sites for hydroxylation is 1. The highest BCUT2D eigenvalue weighted by Crippen LogP contribution is 2.26. The van der Waals surface area contributed by atoms with Crippen LogP contribution in [0.25, 0.3) is 5.69 Å². The van der Waals surface area contributed by atoms with E-state index in [9.17, 15) is 9.59 Å². The molecule has 3 aromatic rings. The number of hydrogen-bond acceptors (Lipinski definition) is 4. The molecule has 1 N–H and O–H groups in total. The standard InChI is InChI=1S/C25H30N4O3/c1-17(2)23-22(16-27-29(23)20-8-6-18(3)7-9-20)25(31)28-12-10-19(11-13-28)24(30)26-15-21-5-4-14-32-21/h4-9,14,16-17,19H,10-13,15H2,1-3H3,(H,26,30). The van der Waals surface area contributed by atoms with Crippen LogP contribution in [0.5, 0.6) is 0 Å². The maximum atomic E-state index is 13.3. The molecule has 4 rings (SSSR count). The minimum Gasteiger partial charge on any atom is -0.467 e. The largest absolute Gasteiger partial charge is 0.467 e. The lowest BCUT2D eigenvalue weighted by Crippen LogP contribution is -2.43. The summed E-state index contributed by atoms with van der Waals surface area (Å²) in [5.74, 6) is 0.791. The van der Waals surface area contributed by atoms with Crippen molar-refractivity contribution in [3.63, 3.8) is 0 Å². The molecule has 0 unspecified atom stereocenters. The first-order valence-electron chi connectivity index (χ1n) is 11.2. The topological polar surface area (TPSA) is 80.4 Å². The van der Waals surface area contributed by atoms with E-state index < -0.39 is 0 Å². The summed E-state index contributed by atoms with van der Waals surface area (Å²) in [6, 6.07) is 11.8. The number of hydrogen-bond donors (Lipinski definition) is 1. The van der Waals surface area contributed by atoms with Crippen LogP contribution >= 0.6 is 0 Å². The molecule has 0 atom stereocenters. The Morgan fingerprint density at radius 1 is 1.16 bits per heavy atom. The normalized spacial score (nSPS) is 14.7. The summed E-state index contributed by atoms with van der Waals surface area (Å²) >= 11 is 0. The van der Waals surface area contributed by atoms with E-state index in [1.54, 1.807) is 18.5 Å². The second-order valence-corrected chi connectivity index (χ2v) is 8.71. The Bertz CT molecular complexity index is 1060. The molecule has 1 fully saturated rings. The summed E-state index contributed by atoms with van der Waals surface area (Å²) in [7, 11) is 0. The van der Waals surface area contributed by atoms with Crippen LogP contribution in [-0.4, -0.2) is 39.6 Å². The van der Waals surface area contributed by atoms with Gasteiger partial charge < -0.3 is 14.6 Å². The van der Waals surface area contributed by atoms with Gasteiger partial charge in [0.25, 0.3) is 5.91 Å². The number of nitrogens with zero attached hydrogens (tertiary/aromatic N) is 3. The van der Waals surface area contributed by atoms with Crippen LogP contribution in [0.15, 0.2) is 53.3 Å². The number of rotatable bonds is 6. The van der Waals surface area contributed by atoms with Gasteiger partial charge in [-0.25, -0.2) is 4.68 Å². The van der Waals surface area contributed by atoms with Crippen molar-refractivity contribution in [3.05, 3.63) is 71.4 Å². The van der Waals surface area contributed by atoms with Gasteiger partial charge in [0, 0.05) is 19.0 Å². The lowest BCUT2D eigenvalue weighted by atomic mass is 9.95. The minimum absolute atomic E-state index is 0.0125. The van der Waals surface area contributed by atoms with Crippen molar-refractivity contribution in [2.24, 2.45) is 5.92 Å². The summed E-state index contributed by atoms with van der Waals surface area (Å²) in [4.78, 5) is 27.7. The van der Waals surface area contributed by atoms with Gasteiger partial charge in [0.05, 0.1) is 35.9 Å². The summed E-state index contributed by atoms with van der Waals surface area (Å²) < 4.78 is 7.13. The highest BCUT2D eigenvalue weighted by atomic mass is 16.3. The van der Waals surface area contributed by atoms with E-state index in [2.05, 4.69) is 24.3 Å². The van der Waals surface area contributed by atoms with Gasteiger partial charge in [-0.15, -0.1) is 0 Å². The zero-order chi connectivity index (χ0) is 22.7. The molecule has 168 valence electrons. The van der Waals surface area contributed by atoms with Gasteiger partial charge in [0.2, 0.25) is 5.91 Å². The van der Waals surface area contributed by atoms with E-state index in [4.69, 9.17) is 4.42 Å². The van der Waals surface area contributed by atoms with Crippen LogP contribution in [-0.2, 0) is 11.3 Å². The molecule has 1 aliphatic heterocycles. The maximum absolute atomic E-state index is 13.3. The van der Waals surface area contributed by atoms with E-state index in [0.717, 1.165) is 17.1 Å². The number of amides is 2. The number of nitrogens with one attached hydrogen (secondary N) is 1. The predicted molar refractivity (Wildman–Crippen MR) is 122 cm³/mol. The molecule has 2 aromatic heterocycles. The molecule has 0 spiro atoms. The van der Waals surface area contributed by atoms with Crippen LogP contribution in [0.3, 0.4) is 0 Å². The first-order chi connectivity index (χ1) is 15.4. The predicted octanol–water partition coefficient (Wildman–Crippen LogP) is 4.07. The summed E-state index contributed by atoms with van der Waals surface area (Å²) in [6.07, 6.45) is 4.58. The fourth-order valence-electron chi connectivity index (χ4n) is 4.22. The number of benzene rings is 1. The molecule has 0 aliphatic carbocycles. The van der Waals surface area contributed by atoms with Gasteiger partial charge >= 0.3 is 0 Å². The molecule has 0 radical (unpaired) electrons. The highest BCUT2D eigenvalue weighted by molar-refractivity contribution is 5.95. The van der Waals surface area contributed by atoms with Crippen molar-refractivity contribution in [1.82, 2.24) is 20.0 Å². The summed E-state index contributed by atoms with van der Waals surface area (Å²) in [5, 5.41) is 7.47. The fourth-order valence-corrected chi connectivity index (χ4v) is 4.22. The Hall–Kier alpha value is -3.35. The van der Waals surface area contributed by atoms with Gasteiger partial charge in [-0.2, -0.15) is 5.10 Å². The molecule has 1 aromatic carbocycles. The van der Waals surface area contributed by atoms with Gasteiger partial charge in [0.15, 0.2) is 0 Å². The third-order valence-electron chi connectivity index (χ3n) is 6.03. The number of carbonyl (C=O) groups excluding carboxylic acids is 2. The molecule has 0 bridgehead atoms. The second-order valence-electron chi connectivity index (χ2n) is 8.71. The molecule has 0 saturated carbocycles.